The van der Waals surface area contributed by atoms with Crippen LogP contribution in [0.5, 0.6) is 0 Å². The minimum atomic E-state index is -0.850. The number of nitrogens with two attached hydrogens (primary N) is 1. The highest BCUT2D eigenvalue weighted by Crippen LogP contribution is 2.07. The minimum Gasteiger partial charge on any atom is -0.481 e. The van der Waals surface area contributed by atoms with Gasteiger partial charge in [-0.05, 0) is 20.8 Å². The molecule has 0 aliphatic rings. The van der Waals surface area contributed by atoms with Crippen LogP contribution in [0.25, 0.3) is 0 Å². The zero-order valence-electron chi connectivity index (χ0n) is 8.48. The minimum absolute atomic E-state index is 0.714. The van der Waals surface area contributed by atoms with Gasteiger partial charge in [-0.3, -0.25) is 4.79 Å². The molecule has 0 rings (SSSR count). The summed E-state index contributed by atoms with van der Waals surface area (Å²) in [6, 6.07) is 0. The fraction of sp³-hybridized carbons (Fsp3) is 0.875. The number of aliphatic hydroxyl groups is 2. The van der Waals surface area contributed by atoms with Crippen LogP contribution < -0.4 is 5.73 Å². The molecule has 2 atom stereocenters. The van der Waals surface area contributed by atoms with Crippen molar-refractivity contribution in [3.05, 3.63) is 0 Å². The van der Waals surface area contributed by atoms with Gasteiger partial charge in [0.15, 0.2) is 0 Å². The second-order valence-electron chi connectivity index (χ2n) is 3.53. The quantitative estimate of drug-likeness (QED) is 0.476. The Morgan fingerprint density at radius 2 is 1.62 bits per heavy atom. The van der Waals surface area contributed by atoms with Gasteiger partial charge in [-0.1, -0.05) is 0 Å². The molecule has 0 amide bonds. The van der Waals surface area contributed by atoms with Gasteiger partial charge in [0, 0.05) is 12.5 Å². The van der Waals surface area contributed by atoms with Gasteiger partial charge in [0.05, 0.1) is 12.2 Å². The topological polar surface area (TPSA) is 104 Å². The van der Waals surface area contributed by atoms with Crippen LogP contribution in [-0.2, 0) is 4.79 Å². The maximum atomic E-state index is 9.09. The summed E-state index contributed by atoms with van der Waals surface area (Å²) in [5, 5.41) is 25.3. The Bertz CT molecular complexity index is 147. The number of aliphatic hydroxyl groups excluding tert-OH is 2. The van der Waals surface area contributed by atoms with Crippen molar-refractivity contribution in [2.45, 2.75) is 45.4 Å². The molecule has 0 fully saturated rings. The van der Waals surface area contributed by atoms with Crippen LogP contribution in [0.1, 0.15) is 27.7 Å². The first-order valence-corrected chi connectivity index (χ1v) is 3.93. The number of carboxylic acids is 1. The van der Waals surface area contributed by atoms with Gasteiger partial charge >= 0.3 is 0 Å². The third-order valence-electron chi connectivity index (χ3n) is 1.22. The fourth-order valence-electron chi connectivity index (χ4n) is 0.622. The molecule has 0 heterocycles. The Morgan fingerprint density at radius 1 is 1.38 bits per heavy atom. The SMILES string of the molecule is CC(=O)O.CC(O)C(O)C(C)(C)N. The molecular weight excluding hydrogens is 174 g/mol. The smallest absolute Gasteiger partial charge is 0.300 e. The second kappa shape index (κ2) is 5.90. The molecule has 0 aromatic heterocycles. The highest BCUT2D eigenvalue weighted by Gasteiger charge is 2.26. The average molecular weight is 193 g/mol. The Hall–Kier alpha value is -0.650. The molecule has 0 saturated carbocycles. The number of rotatable bonds is 2. The number of hydrogen-bond acceptors (Lipinski definition) is 4. The van der Waals surface area contributed by atoms with E-state index in [2.05, 4.69) is 0 Å². The molecule has 0 aromatic rings. The van der Waals surface area contributed by atoms with Crippen molar-refractivity contribution in [3.8, 4) is 0 Å². The molecule has 0 radical (unpaired) electrons. The summed E-state index contributed by atoms with van der Waals surface area (Å²) in [6.07, 6.45) is -1.61. The summed E-state index contributed by atoms with van der Waals surface area (Å²) >= 11 is 0. The largest absolute Gasteiger partial charge is 0.481 e. The van der Waals surface area contributed by atoms with Crippen molar-refractivity contribution in [2.24, 2.45) is 5.73 Å². The molecule has 5 heteroatoms. The molecule has 5 nitrogen and oxygen atoms in total. The third-order valence-corrected chi connectivity index (χ3v) is 1.22. The lowest BCUT2D eigenvalue weighted by Gasteiger charge is -2.27. The van der Waals surface area contributed by atoms with Crippen LogP contribution in [0.15, 0.2) is 0 Å². The van der Waals surface area contributed by atoms with E-state index < -0.39 is 23.7 Å². The average Bonchev–Trinajstić information content (AvgIpc) is 1.82. The predicted molar refractivity (Wildman–Crippen MR) is 49.3 cm³/mol. The van der Waals surface area contributed by atoms with E-state index in [4.69, 9.17) is 25.8 Å². The van der Waals surface area contributed by atoms with Crippen molar-refractivity contribution in [2.75, 3.05) is 0 Å². The first kappa shape index (κ1) is 14.9. The number of carbonyl (C=O) groups is 1. The van der Waals surface area contributed by atoms with Crippen molar-refractivity contribution >= 4 is 5.97 Å². The highest BCUT2D eigenvalue weighted by molar-refractivity contribution is 5.62. The van der Waals surface area contributed by atoms with Crippen LogP contribution in [0.4, 0.5) is 0 Å². The third kappa shape index (κ3) is 11.3. The molecule has 13 heavy (non-hydrogen) atoms. The highest BCUT2D eigenvalue weighted by atomic mass is 16.4. The summed E-state index contributed by atoms with van der Waals surface area (Å²) < 4.78 is 0. The summed E-state index contributed by atoms with van der Waals surface area (Å²) in [7, 11) is 0. The van der Waals surface area contributed by atoms with Crippen molar-refractivity contribution in [3.63, 3.8) is 0 Å². The van der Waals surface area contributed by atoms with E-state index in [0.717, 1.165) is 6.92 Å². The Balaban J connectivity index is 0. The summed E-state index contributed by atoms with van der Waals surface area (Å²) in [4.78, 5) is 9.00. The second-order valence-corrected chi connectivity index (χ2v) is 3.53. The van der Waals surface area contributed by atoms with Crippen LogP contribution in [0, 0.1) is 0 Å². The van der Waals surface area contributed by atoms with E-state index in [1.165, 1.54) is 6.92 Å². The van der Waals surface area contributed by atoms with E-state index in [1.54, 1.807) is 13.8 Å². The summed E-state index contributed by atoms with van der Waals surface area (Å²) in [6.45, 7) is 5.94. The Labute approximate surface area is 78.2 Å². The normalized spacial score (nSPS) is 15.3. The number of hydrogen-bond donors (Lipinski definition) is 4. The lowest BCUT2D eigenvalue weighted by molar-refractivity contribution is -0.134. The molecule has 0 aliphatic heterocycles. The van der Waals surface area contributed by atoms with E-state index in [0.29, 0.717) is 0 Å². The van der Waals surface area contributed by atoms with E-state index in [9.17, 15) is 0 Å². The number of aliphatic carboxylic acids is 1. The van der Waals surface area contributed by atoms with Gasteiger partial charge in [0.2, 0.25) is 0 Å². The van der Waals surface area contributed by atoms with Crippen molar-refractivity contribution < 1.29 is 20.1 Å². The maximum Gasteiger partial charge on any atom is 0.300 e. The summed E-state index contributed by atoms with van der Waals surface area (Å²) in [5.41, 5.74) is 4.76. The van der Waals surface area contributed by atoms with Crippen LogP contribution >= 0.6 is 0 Å². The lowest BCUT2D eigenvalue weighted by atomic mass is 9.95. The fourth-order valence-corrected chi connectivity index (χ4v) is 0.622. The zero-order valence-corrected chi connectivity index (χ0v) is 8.48. The molecule has 80 valence electrons. The predicted octanol–water partition coefficient (Wildman–Crippen LogP) is -0.444. The Kier molecular flexibility index (Phi) is 6.75. The standard InChI is InChI=1S/C6H15NO2.C2H4O2/c1-4(8)5(9)6(2,3)7;1-2(3)4/h4-5,8-9H,7H2,1-3H3;1H3,(H,3,4). The summed E-state index contributed by atoms with van der Waals surface area (Å²) in [5.74, 6) is -0.833. The Morgan fingerprint density at radius 3 is 1.62 bits per heavy atom. The molecule has 0 spiro atoms. The van der Waals surface area contributed by atoms with Gasteiger partial charge in [-0.25, -0.2) is 0 Å². The molecular formula is C8H19NO4. The molecule has 0 aromatic carbocycles. The van der Waals surface area contributed by atoms with Crippen LogP contribution in [0.2, 0.25) is 0 Å². The maximum absolute atomic E-state index is 9.09. The molecule has 0 aliphatic carbocycles. The van der Waals surface area contributed by atoms with Crippen LogP contribution in [0.3, 0.4) is 0 Å². The van der Waals surface area contributed by atoms with Gasteiger partial charge in [0.25, 0.3) is 5.97 Å². The van der Waals surface area contributed by atoms with Crippen molar-refractivity contribution in [1.82, 2.24) is 0 Å². The van der Waals surface area contributed by atoms with Crippen molar-refractivity contribution in [1.29, 1.82) is 0 Å². The zero-order chi connectivity index (χ0) is 11.2. The first-order valence-electron chi connectivity index (χ1n) is 3.93. The van der Waals surface area contributed by atoms with Gasteiger partial charge in [0.1, 0.15) is 0 Å². The molecule has 2 unspecified atom stereocenters. The van der Waals surface area contributed by atoms with E-state index in [-0.39, 0.29) is 0 Å². The van der Waals surface area contributed by atoms with E-state index in [1.807, 2.05) is 0 Å². The van der Waals surface area contributed by atoms with E-state index >= 15 is 0 Å². The monoisotopic (exact) mass is 193 g/mol. The van der Waals surface area contributed by atoms with Gasteiger partial charge in [-0.2, -0.15) is 0 Å². The molecule has 0 bridgehead atoms. The lowest BCUT2D eigenvalue weighted by Crippen LogP contribution is -2.50. The van der Waals surface area contributed by atoms with Crippen LogP contribution in [-0.4, -0.2) is 39.0 Å². The van der Waals surface area contributed by atoms with Gasteiger partial charge in [-0.15, -0.1) is 0 Å². The molecule has 0 saturated heterocycles. The first-order chi connectivity index (χ1) is 5.59. The number of carboxylic acid groups (broad SMARTS) is 1. The van der Waals surface area contributed by atoms with Gasteiger partial charge < -0.3 is 21.1 Å². The molecule has 5 N–H and O–H groups in total.